The fraction of sp³-hybridized carbons (Fsp3) is 0.900. The maximum Gasteiger partial charge on any atom is 0.410 e. The van der Waals surface area contributed by atoms with E-state index in [4.69, 9.17) is 19.0 Å². The molecule has 0 radical (unpaired) electrons. The highest BCUT2D eigenvalue weighted by atomic mass is 16.8. The summed E-state index contributed by atoms with van der Waals surface area (Å²) in [6.07, 6.45) is 7.89. The molecule has 0 bridgehead atoms. The smallest absolute Gasteiger partial charge is 0.410 e. The molecule has 3 atom stereocenters. The van der Waals surface area contributed by atoms with Crippen molar-refractivity contribution in [3.05, 3.63) is 0 Å². The Morgan fingerprint density at radius 3 is 2.54 bits per heavy atom. The number of rotatable bonds is 8. The van der Waals surface area contributed by atoms with Crippen LogP contribution in [0, 0.1) is 5.92 Å². The van der Waals surface area contributed by atoms with E-state index in [9.17, 15) is 9.59 Å². The van der Waals surface area contributed by atoms with Gasteiger partial charge in [-0.3, -0.25) is 9.63 Å². The molecule has 0 aromatic carbocycles. The van der Waals surface area contributed by atoms with Gasteiger partial charge in [-0.2, -0.15) is 5.48 Å². The van der Waals surface area contributed by atoms with Gasteiger partial charge >= 0.3 is 6.09 Å². The summed E-state index contributed by atoms with van der Waals surface area (Å²) in [5, 5.41) is 0. The second-order valence-corrected chi connectivity index (χ2v) is 8.39. The first-order chi connectivity index (χ1) is 13.5. The molecule has 0 aromatic rings. The molecule has 8 heteroatoms. The number of hydroxylamine groups is 1. The molecular formula is C20H34N2O6. The number of nitrogens with zero attached hydrogens (tertiary/aromatic N) is 1. The molecule has 3 rings (SSSR count). The second kappa shape index (κ2) is 9.89. The molecule has 3 aliphatic rings. The minimum atomic E-state index is -0.889. The van der Waals surface area contributed by atoms with Gasteiger partial charge in [0, 0.05) is 25.9 Å². The first-order valence-electron chi connectivity index (χ1n) is 10.7. The molecule has 160 valence electrons. The van der Waals surface area contributed by atoms with Gasteiger partial charge in [0.2, 0.25) is 5.79 Å². The molecule has 0 spiro atoms. The Morgan fingerprint density at radius 1 is 1.14 bits per heavy atom. The van der Waals surface area contributed by atoms with E-state index in [1.165, 1.54) is 0 Å². The quantitative estimate of drug-likeness (QED) is 0.382. The molecule has 3 fully saturated rings. The number of hydrogen-bond donors (Lipinski definition) is 1. The fourth-order valence-electron chi connectivity index (χ4n) is 4.44. The highest BCUT2D eigenvalue weighted by molar-refractivity contribution is 5.68. The van der Waals surface area contributed by atoms with Crippen LogP contribution in [0.25, 0.3) is 0 Å². The van der Waals surface area contributed by atoms with Gasteiger partial charge < -0.3 is 19.1 Å². The average molecular weight is 399 g/mol. The Kier molecular flexibility index (Phi) is 7.54. The van der Waals surface area contributed by atoms with Crippen LogP contribution in [0.15, 0.2) is 0 Å². The molecule has 8 nitrogen and oxygen atoms in total. The maximum absolute atomic E-state index is 12.4. The number of carbonyl (C=O) groups is 2. The Bertz CT molecular complexity index is 519. The van der Waals surface area contributed by atoms with Crippen molar-refractivity contribution >= 4 is 12.6 Å². The zero-order valence-electron chi connectivity index (χ0n) is 17.1. The van der Waals surface area contributed by atoms with Crippen LogP contribution in [0.1, 0.15) is 71.6 Å². The van der Waals surface area contributed by atoms with Crippen LogP contribution >= 0.6 is 0 Å². The summed E-state index contributed by atoms with van der Waals surface area (Å²) in [6.45, 7) is 5.49. The largest absolute Gasteiger partial charge is 0.446 e. The van der Waals surface area contributed by atoms with Gasteiger partial charge in [0.15, 0.2) is 6.29 Å². The van der Waals surface area contributed by atoms with E-state index in [0.717, 1.165) is 44.9 Å². The molecule has 1 aliphatic heterocycles. The molecular weight excluding hydrogens is 364 g/mol. The van der Waals surface area contributed by atoms with Gasteiger partial charge in [-0.15, -0.1) is 0 Å². The normalized spacial score (nSPS) is 28.9. The summed E-state index contributed by atoms with van der Waals surface area (Å²) < 4.78 is 16.8. The van der Waals surface area contributed by atoms with Gasteiger partial charge in [0.05, 0.1) is 6.04 Å². The van der Waals surface area contributed by atoms with Crippen LogP contribution in [0.3, 0.4) is 0 Å². The topological polar surface area (TPSA) is 86.3 Å². The summed E-state index contributed by atoms with van der Waals surface area (Å²) in [5.41, 5.74) is 3.04. The Labute approximate surface area is 167 Å². The van der Waals surface area contributed by atoms with Crippen LogP contribution < -0.4 is 5.48 Å². The minimum Gasteiger partial charge on any atom is -0.446 e. The van der Waals surface area contributed by atoms with E-state index in [1.807, 2.05) is 0 Å². The maximum atomic E-state index is 12.4. The standard InChI is InChI=1S/C20H34N2O6/c1-15-12-22(19(24)26-17-8-4-5-9-17)13-18(15)21-28-16(2)27-20(25-14-23)10-6-3-7-11-20/h14-18,21H,3-13H2,1-2H3. The third-order valence-electron chi connectivity index (χ3n) is 6.08. The minimum absolute atomic E-state index is 0.00327. The van der Waals surface area contributed by atoms with Crippen LogP contribution in [0.5, 0.6) is 0 Å². The summed E-state index contributed by atoms with van der Waals surface area (Å²) in [5.74, 6) is -0.655. The van der Waals surface area contributed by atoms with Crippen molar-refractivity contribution in [2.75, 3.05) is 13.1 Å². The predicted molar refractivity (Wildman–Crippen MR) is 101 cm³/mol. The van der Waals surface area contributed by atoms with E-state index in [0.29, 0.717) is 32.4 Å². The van der Waals surface area contributed by atoms with Crippen molar-refractivity contribution in [2.45, 2.75) is 95.9 Å². The lowest BCUT2D eigenvalue weighted by atomic mass is 9.94. The Balaban J connectivity index is 1.43. The number of hydrogen-bond acceptors (Lipinski definition) is 7. The summed E-state index contributed by atoms with van der Waals surface area (Å²) in [7, 11) is 0. The van der Waals surface area contributed by atoms with Crippen molar-refractivity contribution < 1.29 is 28.6 Å². The third-order valence-corrected chi connectivity index (χ3v) is 6.08. The zero-order chi connectivity index (χ0) is 20.0. The van der Waals surface area contributed by atoms with Crippen molar-refractivity contribution in [1.29, 1.82) is 0 Å². The highest BCUT2D eigenvalue weighted by Crippen LogP contribution is 2.33. The van der Waals surface area contributed by atoms with E-state index < -0.39 is 12.1 Å². The molecule has 1 amide bonds. The lowest BCUT2D eigenvalue weighted by Crippen LogP contribution is -2.44. The third kappa shape index (κ3) is 5.58. The number of nitrogens with one attached hydrogen (secondary N) is 1. The van der Waals surface area contributed by atoms with Gasteiger partial charge in [-0.05, 0) is 51.4 Å². The summed E-state index contributed by atoms with van der Waals surface area (Å²) in [4.78, 5) is 30.7. The van der Waals surface area contributed by atoms with E-state index in [-0.39, 0.29) is 24.2 Å². The number of amides is 1. The molecule has 2 aliphatic carbocycles. The monoisotopic (exact) mass is 398 g/mol. The van der Waals surface area contributed by atoms with Crippen molar-refractivity contribution in [1.82, 2.24) is 10.4 Å². The van der Waals surface area contributed by atoms with Crippen LogP contribution in [0.2, 0.25) is 0 Å². The molecule has 1 N–H and O–H groups in total. The SMILES string of the molecule is CC(ONC1CN(C(=O)OC2CCCC2)CC1C)OC1(OC=O)CCCCC1. The van der Waals surface area contributed by atoms with Crippen molar-refractivity contribution in [3.63, 3.8) is 0 Å². The molecule has 2 saturated carbocycles. The lowest BCUT2D eigenvalue weighted by Gasteiger charge is -2.37. The Morgan fingerprint density at radius 2 is 1.86 bits per heavy atom. The number of ether oxygens (including phenoxy) is 3. The van der Waals surface area contributed by atoms with Crippen molar-refractivity contribution in [2.24, 2.45) is 5.92 Å². The molecule has 1 heterocycles. The van der Waals surface area contributed by atoms with E-state index in [1.54, 1.807) is 11.8 Å². The van der Waals surface area contributed by atoms with Gasteiger partial charge in [-0.1, -0.05) is 13.3 Å². The first-order valence-corrected chi connectivity index (χ1v) is 10.7. The van der Waals surface area contributed by atoms with Crippen LogP contribution in [0.4, 0.5) is 4.79 Å². The lowest BCUT2D eigenvalue weighted by molar-refractivity contribution is -0.311. The first kappa shape index (κ1) is 21.3. The highest BCUT2D eigenvalue weighted by Gasteiger charge is 2.38. The zero-order valence-corrected chi connectivity index (χ0v) is 17.1. The number of likely N-dealkylation sites (tertiary alicyclic amines) is 1. The van der Waals surface area contributed by atoms with Crippen LogP contribution in [-0.4, -0.2) is 54.8 Å². The second-order valence-electron chi connectivity index (χ2n) is 8.39. The Hall–Kier alpha value is -1.38. The summed E-state index contributed by atoms with van der Waals surface area (Å²) in [6, 6.07) is -0.00327. The van der Waals surface area contributed by atoms with Gasteiger partial charge in [-0.25, -0.2) is 4.79 Å². The molecule has 0 aromatic heterocycles. The molecule has 1 saturated heterocycles. The van der Waals surface area contributed by atoms with Gasteiger partial charge in [0.25, 0.3) is 6.47 Å². The number of carbonyl (C=O) groups excluding carboxylic acids is 2. The molecule has 28 heavy (non-hydrogen) atoms. The average Bonchev–Trinajstić information content (AvgIpc) is 3.30. The van der Waals surface area contributed by atoms with Crippen molar-refractivity contribution in [3.8, 4) is 0 Å². The van der Waals surface area contributed by atoms with Gasteiger partial charge in [0.1, 0.15) is 6.10 Å². The summed E-state index contributed by atoms with van der Waals surface area (Å²) >= 11 is 0. The van der Waals surface area contributed by atoms with E-state index >= 15 is 0 Å². The molecule has 3 unspecified atom stereocenters. The fourth-order valence-corrected chi connectivity index (χ4v) is 4.44. The van der Waals surface area contributed by atoms with E-state index in [2.05, 4.69) is 12.4 Å². The van der Waals surface area contributed by atoms with Crippen LogP contribution in [-0.2, 0) is 23.8 Å². The predicted octanol–water partition coefficient (Wildman–Crippen LogP) is 3.10.